The van der Waals surface area contributed by atoms with Crippen LogP contribution in [0, 0.1) is 6.92 Å². The maximum Gasteiger partial charge on any atom is 0.258 e. The number of amides is 1. The number of benzene rings is 2. The minimum absolute atomic E-state index is 0.128. The van der Waals surface area contributed by atoms with Crippen molar-refractivity contribution >= 4 is 17.5 Å². The van der Waals surface area contributed by atoms with Gasteiger partial charge in [-0.05, 0) is 36.8 Å². The van der Waals surface area contributed by atoms with Crippen molar-refractivity contribution in [2.45, 2.75) is 13.0 Å². The summed E-state index contributed by atoms with van der Waals surface area (Å²) in [6.07, 6.45) is 3.52. The number of rotatable bonds is 7. The molecular formula is C21H22ClN3O3. The number of halogens is 1. The zero-order valence-electron chi connectivity index (χ0n) is 16.0. The Morgan fingerprint density at radius 1 is 1.29 bits per heavy atom. The predicted molar refractivity (Wildman–Crippen MR) is 108 cm³/mol. The van der Waals surface area contributed by atoms with E-state index < -0.39 is 6.04 Å². The van der Waals surface area contributed by atoms with Gasteiger partial charge >= 0.3 is 0 Å². The third-order valence-corrected chi connectivity index (χ3v) is 4.80. The van der Waals surface area contributed by atoms with Gasteiger partial charge in [-0.25, -0.2) is 4.98 Å². The van der Waals surface area contributed by atoms with Crippen LogP contribution in [0.2, 0.25) is 5.02 Å². The molecule has 0 aliphatic heterocycles. The van der Waals surface area contributed by atoms with Gasteiger partial charge < -0.3 is 19.4 Å². The number of carbonyl (C=O) groups is 1. The molecule has 0 spiro atoms. The predicted octanol–water partition coefficient (Wildman–Crippen LogP) is 3.68. The largest absolute Gasteiger partial charge is 0.496 e. The lowest BCUT2D eigenvalue weighted by atomic mass is 10.0. The highest BCUT2D eigenvalue weighted by atomic mass is 35.5. The topological polar surface area (TPSA) is 65.4 Å². The van der Waals surface area contributed by atoms with Crippen LogP contribution in [0.3, 0.4) is 0 Å². The first-order chi connectivity index (χ1) is 13.5. The van der Waals surface area contributed by atoms with Crippen LogP contribution in [0.5, 0.6) is 11.5 Å². The fourth-order valence-electron chi connectivity index (χ4n) is 2.90. The molecule has 0 aliphatic rings. The van der Waals surface area contributed by atoms with Crippen molar-refractivity contribution in [3.63, 3.8) is 0 Å². The molecule has 1 N–H and O–H groups in total. The summed E-state index contributed by atoms with van der Waals surface area (Å²) in [5.41, 5.74) is 1.70. The van der Waals surface area contributed by atoms with Gasteiger partial charge in [-0.1, -0.05) is 29.8 Å². The van der Waals surface area contributed by atoms with Gasteiger partial charge in [0.25, 0.3) is 5.91 Å². The molecule has 0 saturated carbocycles. The first kappa shape index (κ1) is 19.8. The Morgan fingerprint density at radius 3 is 2.75 bits per heavy atom. The number of ether oxygens (including phenoxy) is 2. The highest BCUT2D eigenvalue weighted by Gasteiger charge is 2.24. The lowest BCUT2D eigenvalue weighted by Crippen LogP contribution is -2.34. The van der Waals surface area contributed by atoms with Crippen molar-refractivity contribution in [2.24, 2.45) is 7.05 Å². The molecule has 1 heterocycles. The molecule has 0 saturated heterocycles. The van der Waals surface area contributed by atoms with Crippen LogP contribution in [0.4, 0.5) is 0 Å². The van der Waals surface area contributed by atoms with Crippen LogP contribution in [0.15, 0.2) is 54.9 Å². The molecule has 1 amide bonds. The molecule has 28 heavy (non-hydrogen) atoms. The van der Waals surface area contributed by atoms with E-state index >= 15 is 0 Å². The summed E-state index contributed by atoms with van der Waals surface area (Å²) < 4.78 is 12.9. The number of para-hydroxylation sites is 1. The average Bonchev–Trinajstić information content (AvgIpc) is 3.12. The zero-order chi connectivity index (χ0) is 20.1. The van der Waals surface area contributed by atoms with Crippen LogP contribution >= 0.6 is 11.6 Å². The van der Waals surface area contributed by atoms with E-state index in [0.717, 1.165) is 11.1 Å². The van der Waals surface area contributed by atoms with Gasteiger partial charge in [-0.3, -0.25) is 4.79 Å². The molecule has 6 nitrogen and oxygen atoms in total. The Balaban J connectivity index is 1.78. The number of imidazole rings is 1. The van der Waals surface area contributed by atoms with E-state index in [1.165, 1.54) is 0 Å². The molecule has 2 aromatic carbocycles. The molecule has 0 radical (unpaired) electrons. The van der Waals surface area contributed by atoms with Gasteiger partial charge in [0, 0.05) is 30.0 Å². The highest BCUT2D eigenvalue weighted by molar-refractivity contribution is 6.31. The van der Waals surface area contributed by atoms with Gasteiger partial charge in [-0.15, -0.1) is 0 Å². The number of nitrogens with one attached hydrogen (secondary N) is 1. The van der Waals surface area contributed by atoms with Crippen molar-refractivity contribution in [3.8, 4) is 11.5 Å². The van der Waals surface area contributed by atoms with Gasteiger partial charge in [0.1, 0.15) is 23.4 Å². The minimum Gasteiger partial charge on any atom is -0.496 e. The van der Waals surface area contributed by atoms with Crippen molar-refractivity contribution in [1.82, 2.24) is 14.9 Å². The van der Waals surface area contributed by atoms with Crippen LogP contribution in [0.25, 0.3) is 0 Å². The number of nitrogens with zero attached hydrogens (tertiary/aromatic N) is 2. The molecule has 0 fully saturated rings. The highest BCUT2D eigenvalue weighted by Crippen LogP contribution is 2.29. The van der Waals surface area contributed by atoms with Gasteiger partial charge in [-0.2, -0.15) is 0 Å². The number of aromatic nitrogens is 2. The molecule has 0 bridgehead atoms. The zero-order valence-corrected chi connectivity index (χ0v) is 16.7. The molecule has 1 atom stereocenters. The Labute approximate surface area is 169 Å². The Bertz CT molecular complexity index is 971. The fourth-order valence-corrected chi connectivity index (χ4v) is 3.02. The first-order valence-electron chi connectivity index (χ1n) is 8.78. The minimum atomic E-state index is -0.473. The summed E-state index contributed by atoms with van der Waals surface area (Å²) in [6, 6.07) is 12.3. The Hall–Kier alpha value is -2.99. The summed E-state index contributed by atoms with van der Waals surface area (Å²) in [5.74, 6) is 1.68. The van der Waals surface area contributed by atoms with Crippen molar-refractivity contribution < 1.29 is 14.3 Å². The second-order valence-electron chi connectivity index (χ2n) is 6.34. The van der Waals surface area contributed by atoms with Crippen LogP contribution in [0.1, 0.15) is 23.0 Å². The molecule has 146 valence electrons. The molecule has 7 heteroatoms. The van der Waals surface area contributed by atoms with E-state index in [9.17, 15) is 4.79 Å². The van der Waals surface area contributed by atoms with Crippen molar-refractivity contribution in [1.29, 1.82) is 0 Å². The molecule has 1 aromatic heterocycles. The second-order valence-corrected chi connectivity index (χ2v) is 6.75. The summed E-state index contributed by atoms with van der Waals surface area (Å²) in [7, 11) is 3.48. The number of carbonyl (C=O) groups excluding carboxylic acids is 1. The smallest absolute Gasteiger partial charge is 0.258 e. The molecule has 3 aromatic rings. The molecular weight excluding hydrogens is 378 g/mol. The second kappa shape index (κ2) is 8.80. The van der Waals surface area contributed by atoms with E-state index in [1.807, 2.05) is 49.0 Å². The maximum atomic E-state index is 12.6. The van der Waals surface area contributed by atoms with E-state index in [2.05, 4.69) is 10.3 Å². The van der Waals surface area contributed by atoms with E-state index in [1.54, 1.807) is 31.5 Å². The van der Waals surface area contributed by atoms with Gasteiger partial charge in [0.15, 0.2) is 6.61 Å². The van der Waals surface area contributed by atoms with Gasteiger partial charge in [0.2, 0.25) is 0 Å². The fraction of sp³-hybridized carbons (Fsp3) is 0.238. The van der Waals surface area contributed by atoms with Crippen LogP contribution in [-0.4, -0.2) is 29.2 Å². The van der Waals surface area contributed by atoms with E-state index in [0.29, 0.717) is 22.3 Å². The molecule has 3 rings (SSSR count). The van der Waals surface area contributed by atoms with Crippen molar-refractivity contribution in [2.75, 3.05) is 13.7 Å². The van der Waals surface area contributed by atoms with Crippen LogP contribution in [-0.2, 0) is 11.8 Å². The summed E-state index contributed by atoms with van der Waals surface area (Å²) in [5, 5.41) is 3.65. The SMILES string of the molecule is COc1ccccc1C(NC(=O)COc1ccc(Cl)c(C)c1)c1nccn1C. The van der Waals surface area contributed by atoms with Crippen LogP contribution < -0.4 is 14.8 Å². The Kier molecular flexibility index (Phi) is 6.21. The average molecular weight is 400 g/mol. The molecule has 0 aliphatic carbocycles. The monoisotopic (exact) mass is 399 g/mol. The third-order valence-electron chi connectivity index (χ3n) is 4.37. The lowest BCUT2D eigenvalue weighted by molar-refractivity contribution is -0.123. The quantitative estimate of drug-likeness (QED) is 0.658. The van der Waals surface area contributed by atoms with E-state index in [-0.39, 0.29) is 12.5 Å². The third kappa shape index (κ3) is 4.46. The molecule has 1 unspecified atom stereocenters. The standard InChI is InChI=1S/C21H22ClN3O3/c1-14-12-15(8-9-17(14)22)28-13-19(26)24-20(21-23-10-11-25(21)2)16-6-4-5-7-18(16)27-3/h4-12,20H,13H2,1-3H3,(H,24,26). The summed E-state index contributed by atoms with van der Waals surface area (Å²) in [6.45, 7) is 1.76. The maximum absolute atomic E-state index is 12.6. The summed E-state index contributed by atoms with van der Waals surface area (Å²) in [4.78, 5) is 17.0. The lowest BCUT2D eigenvalue weighted by Gasteiger charge is -2.21. The summed E-state index contributed by atoms with van der Waals surface area (Å²) >= 11 is 6.02. The Morgan fingerprint density at radius 2 is 2.07 bits per heavy atom. The number of methoxy groups -OCH3 is 1. The van der Waals surface area contributed by atoms with Gasteiger partial charge in [0.05, 0.1) is 7.11 Å². The van der Waals surface area contributed by atoms with Crippen molar-refractivity contribution in [3.05, 3.63) is 76.8 Å². The number of aryl methyl sites for hydroxylation is 2. The first-order valence-corrected chi connectivity index (χ1v) is 9.16. The normalized spacial score (nSPS) is 11.7. The number of hydrogen-bond acceptors (Lipinski definition) is 4. The number of hydrogen-bond donors (Lipinski definition) is 1. The van der Waals surface area contributed by atoms with E-state index in [4.69, 9.17) is 21.1 Å².